The van der Waals surface area contributed by atoms with Gasteiger partial charge in [-0.05, 0) is 35.7 Å². The quantitative estimate of drug-likeness (QED) is 0.607. The summed E-state index contributed by atoms with van der Waals surface area (Å²) in [4.78, 5) is 11.8. The van der Waals surface area contributed by atoms with Gasteiger partial charge in [-0.2, -0.15) is 10.4 Å². The lowest BCUT2D eigenvalue weighted by atomic mass is 10.0. The molecule has 0 spiro atoms. The fraction of sp³-hybridized carbons (Fsp3) is 0.238. The molecule has 0 N–H and O–H groups in total. The van der Waals surface area contributed by atoms with Crippen LogP contribution in [0.5, 0.6) is 11.5 Å². The fourth-order valence-electron chi connectivity index (χ4n) is 3.01. The van der Waals surface area contributed by atoms with Crippen LogP contribution in [0.2, 0.25) is 0 Å². The van der Waals surface area contributed by atoms with Crippen molar-refractivity contribution >= 4 is 0 Å². The molecule has 0 aliphatic heterocycles. The summed E-state index contributed by atoms with van der Waals surface area (Å²) < 4.78 is 49.3. The summed E-state index contributed by atoms with van der Waals surface area (Å²) >= 11 is 0. The number of nitriles is 1. The summed E-state index contributed by atoms with van der Waals surface area (Å²) in [7, 11) is 4.97. The van der Waals surface area contributed by atoms with Gasteiger partial charge in [0.25, 0.3) is 6.43 Å². The maximum atomic E-state index is 15.3. The average molecular weight is 415 g/mol. The summed E-state index contributed by atoms with van der Waals surface area (Å²) in [6, 6.07) is 8.42. The Bertz CT molecular complexity index is 1190. The Morgan fingerprint density at radius 3 is 2.53 bits per heavy atom. The largest absolute Gasteiger partial charge is 0.454 e. The Labute approximate surface area is 170 Å². The SMILES string of the molecule is [CH2]n1nc(Cc2ccc(CC)c(Oc3cc(C#N)cc(C(F)F)c3)c2F)n(C)c1=O. The van der Waals surface area contributed by atoms with Gasteiger partial charge >= 0.3 is 5.69 Å². The normalized spacial score (nSPS) is 11.0. The lowest BCUT2D eigenvalue weighted by Gasteiger charge is -2.15. The monoisotopic (exact) mass is 415 g/mol. The maximum Gasteiger partial charge on any atom is 0.345 e. The van der Waals surface area contributed by atoms with Gasteiger partial charge in [-0.15, -0.1) is 0 Å². The zero-order valence-corrected chi connectivity index (χ0v) is 16.3. The Kier molecular flexibility index (Phi) is 5.96. The van der Waals surface area contributed by atoms with Crippen molar-refractivity contribution in [3.8, 4) is 17.6 Å². The van der Waals surface area contributed by atoms with Crippen LogP contribution in [0, 0.1) is 24.2 Å². The minimum absolute atomic E-state index is 0.000959. The number of hydrogen-bond acceptors (Lipinski definition) is 4. The Morgan fingerprint density at radius 1 is 1.27 bits per heavy atom. The van der Waals surface area contributed by atoms with E-state index in [0.717, 1.165) is 16.8 Å². The number of rotatable bonds is 6. The number of halogens is 3. The van der Waals surface area contributed by atoms with Gasteiger partial charge in [0.2, 0.25) is 0 Å². The molecule has 0 saturated carbocycles. The van der Waals surface area contributed by atoms with E-state index in [0.29, 0.717) is 17.8 Å². The van der Waals surface area contributed by atoms with Gasteiger partial charge in [0.15, 0.2) is 11.6 Å². The van der Waals surface area contributed by atoms with Gasteiger partial charge < -0.3 is 4.74 Å². The molecule has 3 aromatic rings. The van der Waals surface area contributed by atoms with Crippen LogP contribution >= 0.6 is 0 Å². The average Bonchev–Trinajstić information content (AvgIpc) is 2.97. The Balaban J connectivity index is 2.04. The van der Waals surface area contributed by atoms with E-state index >= 15 is 4.39 Å². The van der Waals surface area contributed by atoms with E-state index < -0.39 is 23.5 Å². The number of hydrogen-bond donors (Lipinski definition) is 0. The topological polar surface area (TPSA) is 72.8 Å². The molecule has 0 saturated heterocycles. The van der Waals surface area contributed by atoms with Crippen molar-refractivity contribution in [3.05, 3.63) is 81.8 Å². The van der Waals surface area contributed by atoms with Crippen LogP contribution in [0.4, 0.5) is 13.2 Å². The first-order chi connectivity index (χ1) is 14.2. The van der Waals surface area contributed by atoms with Gasteiger partial charge in [-0.3, -0.25) is 4.57 Å². The zero-order chi connectivity index (χ0) is 22.0. The third-order valence-corrected chi connectivity index (χ3v) is 4.65. The summed E-state index contributed by atoms with van der Waals surface area (Å²) in [6.07, 6.45) is -2.37. The smallest absolute Gasteiger partial charge is 0.345 e. The molecule has 155 valence electrons. The molecule has 0 bridgehead atoms. The molecule has 9 heteroatoms. The highest BCUT2D eigenvalue weighted by Crippen LogP contribution is 2.34. The first kappa shape index (κ1) is 21.2. The van der Waals surface area contributed by atoms with Gasteiger partial charge in [0, 0.05) is 19.0 Å². The number of ether oxygens (including phenoxy) is 1. The minimum Gasteiger partial charge on any atom is -0.454 e. The number of benzene rings is 2. The molecule has 0 atom stereocenters. The fourth-order valence-corrected chi connectivity index (χ4v) is 3.01. The zero-order valence-electron chi connectivity index (χ0n) is 16.3. The van der Waals surface area contributed by atoms with Crippen LogP contribution in [0.3, 0.4) is 0 Å². The highest BCUT2D eigenvalue weighted by atomic mass is 19.3. The van der Waals surface area contributed by atoms with Crippen LogP contribution in [-0.4, -0.2) is 14.3 Å². The van der Waals surface area contributed by atoms with Gasteiger partial charge in [0.1, 0.15) is 11.6 Å². The van der Waals surface area contributed by atoms with Crippen LogP contribution < -0.4 is 10.4 Å². The molecule has 0 unspecified atom stereocenters. The predicted octanol–water partition coefficient (Wildman–Crippen LogP) is 4.12. The Morgan fingerprint density at radius 2 is 1.97 bits per heavy atom. The van der Waals surface area contributed by atoms with Crippen LogP contribution in [0.15, 0.2) is 35.1 Å². The van der Waals surface area contributed by atoms with Gasteiger partial charge in [-0.1, -0.05) is 19.1 Å². The van der Waals surface area contributed by atoms with Crippen molar-refractivity contribution in [2.24, 2.45) is 7.05 Å². The van der Waals surface area contributed by atoms with Gasteiger partial charge in [0.05, 0.1) is 18.7 Å². The van der Waals surface area contributed by atoms with Crippen molar-refractivity contribution < 1.29 is 17.9 Å². The first-order valence-corrected chi connectivity index (χ1v) is 9.02. The highest BCUT2D eigenvalue weighted by Gasteiger charge is 2.19. The van der Waals surface area contributed by atoms with E-state index in [2.05, 4.69) is 12.1 Å². The van der Waals surface area contributed by atoms with Crippen molar-refractivity contribution in [1.82, 2.24) is 14.3 Å². The van der Waals surface area contributed by atoms with Crippen LogP contribution in [0.25, 0.3) is 0 Å². The maximum absolute atomic E-state index is 15.3. The molecule has 0 aliphatic rings. The molecular weight excluding hydrogens is 397 g/mol. The standard InChI is InChI=1S/C21H18F3N4O2/c1-4-13-5-6-14(10-17-26-28(3)21(29)27(17)2)18(22)19(13)30-16-8-12(11-25)7-15(9-16)20(23)24/h5-9,20H,3-4,10H2,1-2H3. The number of aryl methyl sites for hydroxylation is 1. The molecular formula is C21H18F3N4O2. The molecule has 0 fully saturated rings. The molecule has 1 radical (unpaired) electrons. The highest BCUT2D eigenvalue weighted by molar-refractivity contribution is 5.47. The summed E-state index contributed by atoms with van der Waals surface area (Å²) in [5.41, 5.74) is -0.127. The van der Waals surface area contributed by atoms with Crippen molar-refractivity contribution in [2.75, 3.05) is 0 Å². The predicted molar refractivity (Wildman–Crippen MR) is 103 cm³/mol. The minimum atomic E-state index is -2.80. The lowest BCUT2D eigenvalue weighted by molar-refractivity contribution is 0.151. The third kappa shape index (κ3) is 4.08. The summed E-state index contributed by atoms with van der Waals surface area (Å²) in [5, 5.41) is 13.1. The molecule has 1 aromatic heterocycles. The van der Waals surface area contributed by atoms with Crippen molar-refractivity contribution in [1.29, 1.82) is 5.26 Å². The van der Waals surface area contributed by atoms with Gasteiger partial charge in [-0.25, -0.2) is 22.6 Å². The number of aromatic nitrogens is 3. The molecule has 0 amide bonds. The van der Waals surface area contributed by atoms with E-state index in [4.69, 9.17) is 10.00 Å². The van der Waals surface area contributed by atoms with E-state index in [1.807, 2.05) is 0 Å². The molecule has 6 nitrogen and oxygen atoms in total. The molecule has 30 heavy (non-hydrogen) atoms. The Hall–Kier alpha value is -3.54. The molecule has 2 aromatic carbocycles. The van der Waals surface area contributed by atoms with Crippen LogP contribution in [-0.2, 0) is 19.9 Å². The van der Waals surface area contributed by atoms with Crippen molar-refractivity contribution in [3.63, 3.8) is 0 Å². The van der Waals surface area contributed by atoms with Crippen LogP contribution in [0.1, 0.15) is 41.4 Å². The number of alkyl halides is 2. The second kappa shape index (κ2) is 8.45. The second-order valence-electron chi connectivity index (χ2n) is 6.62. The van der Waals surface area contributed by atoms with E-state index in [1.165, 1.54) is 17.7 Å². The van der Waals surface area contributed by atoms with Crippen molar-refractivity contribution in [2.45, 2.75) is 26.2 Å². The molecule has 1 heterocycles. The molecule has 3 rings (SSSR count). The molecule has 0 aliphatic carbocycles. The third-order valence-electron chi connectivity index (χ3n) is 4.65. The summed E-state index contributed by atoms with van der Waals surface area (Å²) in [6.45, 7) is 1.80. The second-order valence-corrected chi connectivity index (χ2v) is 6.62. The van der Waals surface area contributed by atoms with E-state index in [9.17, 15) is 13.6 Å². The first-order valence-electron chi connectivity index (χ1n) is 9.02. The summed E-state index contributed by atoms with van der Waals surface area (Å²) in [5.74, 6) is -0.578. The lowest BCUT2D eigenvalue weighted by Crippen LogP contribution is -2.19. The van der Waals surface area contributed by atoms with E-state index in [1.54, 1.807) is 25.1 Å². The number of nitrogens with zero attached hydrogens (tertiary/aromatic N) is 4. The van der Waals surface area contributed by atoms with E-state index in [-0.39, 0.29) is 29.0 Å².